The zero-order valence-electron chi connectivity index (χ0n) is 12.1. The molecular weight excluding hydrogens is 254 g/mol. The lowest BCUT2D eigenvalue weighted by atomic mass is 9.92. The van der Waals surface area contributed by atoms with Crippen molar-refractivity contribution in [3.05, 3.63) is 18.2 Å². The molecule has 2 atom stereocenters. The van der Waals surface area contributed by atoms with E-state index in [2.05, 4.69) is 11.8 Å². The van der Waals surface area contributed by atoms with Crippen molar-refractivity contribution in [2.75, 3.05) is 23.8 Å². The number of piperidine rings is 1. The first-order valence-corrected chi connectivity index (χ1v) is 7.11. The molecule has 1 saturated heterocycles. The first-order chi connectivity index (χ1) is 9.54. The molecule has 0 radical (unpaired) electrons. The summed E-state index contributed by atoms with van der Waals surface area (Å²) in [6.45, 7) is 5.27. The highest BCUT2D eigenvalue weighted by molar-refractivity contribution is 5.79. The number of benzene rings is 1. The molecule has 0 spiro atoms. The SMILES string of the molecule is CCOc1cccc(N2CC(C(N)=O)CCC2C)c1N. The van der Waals surface area contributed by atoms with Crippen molar-refractivity contribution in [2.24, 2.45) is 11.7 Å². The summed E-state index contributed by atoms with van der Waals surface area (Å²) in [7, 11) is 0. The molecule has 1 aliphatic heterocycles. The largest absolute Gasteiger partial charge is 0.492 e. The van der Waals surface area contributed by atoms with E-state index in [1.807, 2.05) is 25.1 Å². The van der Waals surface area contributed by atoms with Gasteiger partial charge in [0.15, 0.2) is 0 Å². The van der Waals surface area contributed by atoms with Gasteiger partial charge in [-0.25, -0.2) is 0 Å². The summed E-state index contributed by atoms with van der Waals surface area (Å²) < 4.78 is 5.53. The Morgan fingerprint density at radius 2 is 2.20 bits per heavy atom. The van der Waals surface area contributed by atoms with Crippen LogP contribution in [0.2, 0.25) is 0 Å². The molecule has 0 aromatic heterocycles. The van der Waals surface area contributed by atoms with Gasteiger partial charge in [-0.3, -0.25) is 4.79 Å². The highest BCUT2D eigenvalue weighted by Crippen LogP contribution is 2.36. The number of carbonyl (C=O) groups excluding carboxylic acids is 1. The second kappa shape index (κ2) is 6.03. The first kappa shape index (κ1) is 14.5. The van der Waals surface area contributed by atoms with E-state index in [4.69, 9.17) is 16.2 Å². The molecule has 0 saturated carbocycles. The third-order valence-electron chi connectivity index (χ3n) is 3.94. The number of hydrogen-bond acceptors (Lipinski definition) is 4. The van der Waals surface area contributed by atoms with Crippen LogP contribution >= 0.6 is 0 Å². The van der Waals surface area contributed by atoms with Crippen molar-refractivity contribution in [3.63, 3.8) is 0 Å². The van der Waals surface area contributed by atoms with Crippen molar-refractivity contribution in [1.82, 2.24) is 0 Å². The van der Waals surface area contributed by atoms with Crippen LogP contribution in [0.4, 0.5) is 11.4 Å². The molecular formula is C15H23N3O2. The van der Waals surface area contributed by atoms with E-state index in [9.17, 15) is 4.79 Å². The zero-order chi connectivity index (χ0) is 14.7. The Labute approximate surface area is 119 Å². The van der Waals surface area contributed by atoms with Gasteiger partial charge in [0.1, 0.15) is 5.75 Å². The summed E-state index contributed by atoms with van der Waals surface area (Å²) in [5.41, 5.74) is 13.2. The molecule has 0 bridgehead atoms. The first-order valence-electron chi connectivity index (χ1n) is 7.11. The Bertz CT molecular complexity index is 490. The van der Waals surface area contributed by atoms with Crippen molar-refractivity contribution in [2.45, 2.75) is 32.7 Å². The third kappa shape index (κ3) is 2.81. The van der Waals surface area contributed by atoms with Gasteiger partial charge >= 0.3 is 0 Å². The van der Waals surface area contributed by atoms with Gasteiger partial charge in [-0.15, -0.1) is 0 Å². The van der Waals surface area contributed by atoms with Crippen LogP contribution in [0.3, 0.4) is 0 Å². The van der Waals surface area contributed by atoms with Crippen LogP contribution in [0.25, 0.3) is 0 Å². The number of nitrogens with zero attached hydrogens (tertiary/aromatic N) is 1. The molecule has 1 aromatic rings. The average molecular weight is 277 g/mol. The van der Waals surface area contributed by atoms with E-state index in [0.717, 1.165) is 18.5 Å². The maximum Gasteiger partial charge on any atom is 0.222 e. The van der Waals surface area contributed by atoms with E-state index in [-0.39, 0.29) is 11.8 Å². The monoisotopic (exact) mass is 277 g/mol. The van der Waals surface area contributed by atoms with E-state index in [1.165, 1.54) is 0 Å². The molecule has 1 fully saturated rings. The lowest BCUT2D eigenvalue weighted by Crippen LogP contribution is -2.46. The van der Waals surface area contributed by atoms with E-state index in [1.54, 1.807) is 0 Å². The van der Waals surface area contributed by atoms with Crippen LogP contribution in [0.1, 0.15) is 26.7 Å². The van der Waals surface area contributed by atoms with Crippen molar-refractivity contribution in [1.29, 1.82) is 0 Å². The number of hydrogen-bond donors (Lipinski definition) is 2. The van der Waals surface area contributed by atoms with E-state index < -0.39 is 0 Å². The maximum atomic E-state index is 11.4. The number of rotatable bonds is 4. The molecule has 4 N–H and O–H groups in total. The Morgan fingerprint density at radius 1 is 1.45 bits per heavy atom. The number of para-hydroxylation sites is 1. The summed E-state index contributed by atoms with van der Waals surface area (Å²) >= 11 is 0. The Hall–Kier alpha value is -1.91. The molecule has 5 nitrogen and oxygen atoms in total. The second-order valence-electron chi connectivity index (χ2n) is 5.30. The third-order valence-corrected chi connectivity index (χ3v) is 3.94. The number of carbonyl (C=O) groups is 1. The minimum absolute atomic E-state index is 0.110. The molecule has 5 heteroatoms. The predicted molar refractivity (Wildman–Crippen MR) is 80.7 cm³/mol. The summed E-state index contributed by atoms with van der Waals surface area (Å²) in [5, 5.41) is 0. The summed E-state index contributed by atoms with van der Waals surface area (Å²) in [5.74, 6) is 0.348. The van der Waals surface area contributed by atoms with Gasteiger partial charge in [0.05, 0.1) is 23.9 Å². The Balaban J connectivity index is 2.29. The second-order valence-corrected chi connectivity index (χ2v) is 5.30. The summed E-state index contributed by atoms with van der Waals surface area (Å²) in [4.78, 5) is 13.6. The van der Waals surface area contributed by atoms with Gasteiger partial charge in [0.25, 0.3) is 0 Å². The van der Waals surface area contributed by atoms with E-state index >= 15 is 0 Å². The fourth-order valence-corrected chi connectivity index (χ4v) is 2.74. The van der Waals surface area contributed by atoms with Gasteiger partial charge in [-0.2, -0.15) is 0 Å². The Kier molecular flexibility index (Phi) is 4.37. The molecule has 0 aliphatic carbocycles. The fraction of sp³-hybridized carbons (Fsp3) is 0.533. The number of anilines is 2. The van der Waals surface area contributed by atoms with Gasteiger partial charge < -0.3 is 21.1 Å². The van der Waals surface area contributed by atoms with Gasteiger partial charge in [-0.05, 0) is 38.8 Å². The number of primary amides is 1. The topological polar surface area (TPSA) is 81.6 Å². The number of amides is 1. The minimum atomic E-state index is -0.235. The van der Waals surface area contributed by atoms with Gasteiger partial charge in [-0.1, -0.05) is 6.07 Å². The van der Waals surface area contributed by atoms with Crippen molar-refractivity contribution >= 4 is 17.3 Å². The maximum absolute atomic E-state index is 11.4. The summed E-state index contributed by atoms with van der Waals surface area (Å²) in [6, 6.07) is 6.10. The molecule has 110 valence electrons. The Morgan fingerprint density at radius 3 is 2.85 bits per heavy atom. The average Bonchev–Trinajstić information content (AvgIpc) is 2.42. The highest BCUT2D eigenvalue weighted by Gasteiger charge is 2.30. The standard InChI is InChI=1S/C15H23N3O2/c1-3-20-13-6-4-5-12(14(13)16)18-9-11(15(17)19)8-7-10(18)2/h4-6,10-11H,3,7-9,16H2,1-2H3,(H2,17,19). The fourth-order valence-electron chi connectivity index (χ4n) is 2.74. The molecule has 1 aromatic carbocycles. The van der Waals surface area contributed by atoms with Crippen LogP contribution in [-0.4, -0.2) is 25.1 Å². The van der Waals surface area contributed by atoms with Crippen LogP contribution < -0.4 is 21.1 Å². The van der Waals surface area contributed by atoms with Crippen LogP contribution in [0.5, 0.6) is 5.75 Å². The lowest BCUT2D eigenvalue weighted by Gasteiger charge is -2.39. The van der Waals surface area contributed by atoms with Crippen LogP contribution in [0, 0.1) is 5.92 Å². The summed E-state index contributed by atoms with van der Waals surface area (Å²) in [6.07, 6.45) is 1.78. The molecule has 1 aliphatic rings. The van der Waals surface area contributed by atoms with Crippen LogP contribution in [0.15, 0.2) is 18.2 Å². The molecule has 2 unspecified atom stereocenters. The predicted octanol–water partition coefficient (Wildman–Crippen LogP) is 1.76. The quantitative estimate of drug-likeness (QED) is 0.822. The number of nitrogens with two attached hydrogens (primary N) is 2. The lowest BCUT2D eigenvalue weighted by molar-refractivity contribution is -0.122. The highest BCUT2D eigenvalue weighted by atomic mass is 16.5. The molecule has 1 amide bonds. The van der Waals surface area contributed by atoms with Gasteiger partial charge in [0.2, 0.25) is 5.91 Å². The molecule has 1 heterocycles. The number of ether oxygens (including phenoxy) is 1. The smallest absolute Gasteiger partial charge is 0.222 e. The van der Waals surface area contributed by atoms with Crippen molar-refractivity contribution in [3.8, 4) is 5.75 Å². The van der Waals surface area contributed by atoms with E-state index in [0.29, 0.717) is 30.6 Å². The number of nitrogen functional groups attached to an aromatic ring is 1. The zero-order valence-corrected chi connectivity index (χ0v) is 12.1. The van der Waals surface area contributed by atoms with Crippen LogP contribution in [-0.2, 0) is 4.79 Å². The van der Waals surface area contributed by atoms with Gasteiger partial charge in [0, 0.05) is 12.6 Å². The molecule has 20 heavy (non-hydrogen) atoms. The minimum Gasteiger partial charge on any atom is -0.492 e. The normalized spacial score (nSPS) is 22.6. The van der Waals surface area contributed by atoms with Crippen molar-refractivity contribution < 1.29 is 9.53 Å². The molecule has 2 rings (SSSR count).